The van der Waals surface area contributed by atoms with Gasteiger partial charge in [-0.25, -0.2) is 8.78 Å². The Morgan fingerprint density at radius 1 is 1.29 bits per heavy atom. The molecular formula is C10H6ClF5O. The topological polar surface area (TPSA) is 17.1 Å². The van der Waals surface area contributed by atoms with Gasteiger partial charge in [-0.15, -0.1) is 0 Å². The average Bonchev–Trinajstić information content (AvgIpc) is 2.14. The van der Waals surface area contributed by atoms with Crippen LogP contribution in [0, 0.1) is 0 Å². The van der Waals surface area contributed by atoms with Crippen molar-refractivity contribution in [3.63, 3.8) is 0 Å². The summed E-state index contributed by atoms with van der Waals surface area (Å²) in [6, 6.07) is 1.43. The minimum Gasteiger partial charge on any atom is -0.294 e. The molecule has 1 aromatic rings. The zero-order valence-electron chi connectivity index (χ0n) is 8.41. The fourth-order valence-corrected chi connectivity index (χ4v) is 1.70. The third-order valence-corrected chi connectivity index (χ3v) is 2.37. The number of halogens is 6. The molecule has 0 amide bonds. The quantitative estimate of drug-likeness (QED) is 0.572. The molecular weight excluding hydrogens is 267 g/mol. The molecule has 0 spiro atoms. The molecule has 0 bridgehead atoms. The summed E-state index contributed by atoms with van der Waals surface area (Å²) >= 11 is 5.32. The summed E-state index contributed by atoms with van der Waals surface area (Å²) in [7, 11) is 0. The molecule has 1 nitrogen and oxygen atoms in total. The normalized spacial score (nSPS) is 12.0. The van der Waals surface area contributed by atoms with Crippen molar-refractivity contribution in [2.24, 2.45) is 0 Å². The lowest BCUT2D eigenvalue weighted by Crippen LogP contribution is -2.15. The van der Waals surface area contributed by atoms with E-state index in [1.807, 2.05) is 0 Å². The molecule has 0 heterocycles. The van der Waals surface area contributed by atoms with Crippen molar-refractivity contribution in [2.45, 2.75) is 19.5 Å². The summed E-state index contributed by atoms with van der Waals surface area (Å²) in [6.07, 6.45) is -8.13. The molecule has 0 fully saturated rings. The van der Waals surface area contributed by atoms with Crippen molar-refractivity contribution in [3.05, 3.63) is 33.8 Å². The first kappa shape index (κ1) is 13.9. The Morgan fingerprint density at radius 2 is 1.82 bits per heavy atom. The second kappa shape index (κ2) is 4.60. The van der Waals surface area contributed by atoms with Crippen LogP contribution in [0.3, 0.4) is 0 Å². The molecule has 1 rings (SSSR count). The van der Waals surface area contributed by atoms with Crippen LogP contribution in [0.15, 0.2) is 12.1 Å². The molecule has 0 atom stereocenters. The molecule has 0 aliphatic carbocycles. The van der Waals surface area contributed by atoms with Crippen molar-refractivity contribution in [1.29, 1.82) is 0 Å². The molecule has 94 valence electrons. The number of hydrogen-bond acceptors (Lipinski definition) is 1. The molecule has 1 aromatic carbocycles. The van der Waals surface area contributed by atoms with Crippen LogP contribution in [0.4, 0.5) is 22.0 Å². The highest BCUT2D eigenvalue weighted by molar-refractivity contribution is 6.32. The maximum absolute atomic E-state index is 12.6. The predicted molar refractivity (Wildman–Crippen MR) is 51.4 cm³/mol. The monoisotopic (exact) mass is 272 g/mol. The van der Waals surface area contributed by atoms with Gasteiger partial charge in [0.15, 0.2) is 5.78 Å². The standard InChI is InChI=1S/C10H6ClF5O/c1-4(17)7-5(9(12)13)2-3-6(11)8(7)10(14,15)16/h2-3,9H,1H3. The van der Waals surface area contributed by atoms with Gasteiger partial charge in [-0.2, -0.15) is 13.2 Å². The van der Waals surface area contributed by atoms with Gasteiger partial charge in [0.25, 0.3) is 6.43 Å². The number of rotatable bonds is 2. The molecule has 0 unspecified atom stereocenters. The molecule has 17 heavy (non-hydrogen) atoms. The lowest BCUT2D eigenvalue weighted by molar-refractivity contribution is -0.137. The van der Waals surface area contributed by atoms with Gasteiger partial charge in [0.1, 0.15) is 0 Å². The van der Waals surface area contributed by atoms with Crippen molar-refractivity contribution in [3.8, 4) is 0 Å². The van der Waals surface area contributed by atoms with Crippen LogP contribution in [0.5, 0.6) is 0 Å². The summed E-state index contributed by atoms with van der Waals surface area (Å²) in [5, 5.41) is -0.771. The van der Waals surface area contributed by atoms with Gasteiger partial charge in [-0.1, -0.05) is 17.7 Å². The number of carbonyl (C=O) groups excluding carboxylic acids is 1. The largest absolute Gasteiger partial charge is 0.418 e. The Kier molecular flexibility index (Phi) is 3.76. The molecule has 7 heteroatoms. The van der Waals surface area contributed by atoms with Gasteiger partial charge in [0.05, 0.1) is 10.6 Å². The van der Waals surface area contributed by atoms with Crippen LogP contribution < -0.4 is 0 Å². The zero-order valence-corrected chi connectivity index (χ0v) is 9.16. The van der Waals surface area contributed by atoms with E-state index in [2.05, 4.69) is 0 Å². The van der Waals surface area contributed by atoms with Crippen LogP contribution in [-0.4, -0.2) is 5.78 Å². The highest BCUT2D eigenvalue weighted by Gasteiger charge is 2.39. The first-order chi connectivity index (χ1) is 7.66. The zero-order chi connectivity index (χ0) is 13.4. The molecule has 0 aliphatic rings. The fraction of sp³-hybridized carbons (Fsp3) is 0.300. The maximum Gasteiger partial charge on any atom is 0.418 e. The predicted octanol–water partition coefficient (Wildman–Crippen LogP) is 4.50. The third kappa shape index (κ3) is 2.74. The number of ketones is 1. The summed E-state index contributed by atoms with van der Waals surface area (Å²) in [4.78, 5) is 11.1. The lowest BCUT2D eigenvalue weighted by Gasteiger charge is -2.16. The van der Waals surface area contributed by atoms with Crippen LogP contribution in [0.2, 0.25) is 5.02 Å². The number of benzene rings is 1. The highest BCUT2D eigenvalue weighted by atomic mass is 35.5. The molecule has 0 radical (unpaired) electrons. The second-order valence-electron chi connectivity index (χ2n) is 3.24. The van der Waals surface area contributed by atoms with Crippen molar-refractivity contribution >= 4 is 17.4 Å². The highest BCUT2D eigenvalue weighted by Crippen LogP contribution is 2.40. The van der Waals surface area contributed by atoms with E-state index in [4.69, 9.17) is 11.6 Å². The molecule has 0 saturated heterocycles. The van der Waals surface area contributed by atoms with Gasteiger partial charge in [-0.3, -0.25) is 4.79 Å². The first-order valence-electron chi connectivity index (χ1n) is 4.35. The smallest absolute Gasteiger partial charge is 0.294 e. The van der Waals surface area contributed by atoms with Crippen molar-refractivity contribution in [1.82, 2.24) is 0 Å². The fourth-order valence-electron chi connectivity index (χ4n) is 1.43. The molecule has 0 aromatic heterocycles. The third-order valence-electron chi connectivity index (χ3n) is 2.06. The number of Topliss-reactive ketones (excluding diaryl/α,β-unsaturated/α-hetero) is 1. The van der Waals surface area contributed by atoms with Gasteiger partial charge in [0, 0.05) is 11.1 Å². The van der Waals surface area contributed by atoms with Crippen molar-refractivity contribution in [2.75, 3.05) is 0 Å². The lowest BCUT2D eigenvalue weighted by atomic mass is 9.97. The maximum atomic E-state index is 12.6. The Labute approximate surface area is 98.2 Å². The minimum absolute atomic E-state index is 0.707. The Balaban J connectivity index is 3.67. The number of alkyl halides is 5. The van der Waals surface area contributed by atoms with E-state index in [0.717, 1.165) is 13.0 Å². The first-order valence-corrected chi connectivity index (χ1v) is 4.72. The Bertz CT molecular complexity index is 453. The minimum atomic E-state index is -4.96. The summed E-state index contributed by atoms with van der Waals surface area (Å²) in [6.45, 7) is 0.785. The summed E-state index contributed by atoms with van der Waals surface area (Å²) in [5.41, 5.74) is -3.54. The van der Waals surface area contributed by atoms with Gasteiger partial charge < -0.3 is 0 Å². The van der Waals surface area contributed by atoms with Crippen LogP contribution in [0.1, 0.15) is 34.8 Å². The Morgan fingerprint density at radius 3 is 2.18 bits per heavy atom. The van der Waals surface area contributed by atoms with E-state index in [1.54, 1.807) is 0 Å². The molecule has 0 N–H and O–H groups in total. The van der Waals surface area contributed by atoms with Gasteiger partial charge in [0.2, 0.25) is 0 Å². The van der Waals surface area contributed by atoms with Crippen LogP contribution in [-0.2, 0) is 6.18 Å². The van der Waals surface area contributed by atoms with Gasteiger partial charge in [-0.05, 0) is 13.0 Å². The SMILES string of the molecule is CC(=O)c1c(C(F)F)ccc(Cl)c1C(F)(F)F. The van der Waals surface area contributed by atoms with Crippen LogP contribution >= 0.6 is 11.6 Å². The summed E-state index contributed by atoms with van der Waals surface area (Å²) in [5.74, 6) is -1.10. The van der Waals surface area contributed by atoms with Crippen LogP contribution in [0.25, 0.3) is 0 Å². The van der Waals surface area contributed by atoms with E-state index < -0.39 is 40.1 Å². The number of hydrogen-bond donors (Lipinski definition) is 0. The molecule has 0 aliphatic heterocycles. The van der Waals surface area contributed by atoms with E-state index in [-0.39, 0.29) is 0 Å². The average molecular weight is 273 g/mol. The van der Waals surface area contributed by atoms with E-state index in [1.165, 1.54) is 0 Å². The Hall–Kier alpha value is -1.17. The summed E-state index contributed by atoms with van der Waals surface area (Å²) < 4.78 is 62.9. The van der Waals surface area contributed by atoms with E-state index in [0.29, 0.717) is 6.07 Å². The number of carbonyl (C=O) groups is 1. The van der Waals surface area contributed by atoms with E-state index >= 15 is 0 Å². The van der Waals surface area contributed by atoms with Crippen molar-refractivity contribution < 1.29 is 26.7 Å². The van der Waals surface area contributed by atoms with E-state index in [9.17, 15) is 26.7 Å². The second-order valence-corrected chi connectivity index (χ2v) is 3.65. The van der Waals surface area contributed by atoms with Gasteiger partial charge >= 0.3 is 6.18 Å². The molecule has 0 saturated carbocycles.